The lowest BCUT2D eigenvalue weighted by Crippen LogP contribution is -2.33. The summed E-state index contributed by atoms with van der Waals surface area (Å²) in [5, 5.41) is 6.59. The largest absolute Gasteiger partial charge is 0.338 e. The Bertz CT molecular complexity index is 355. The second-order valence-electron chi connectivity index (χ2n) is 5.17. The predicted molar refractivity (Wildman–Crippen MR) is 68.7 cm³/mol. The molecule has 18 heavy (non-hydrogen) atoms. The van der Waals surface area contributed by atoms with Gasteiger partial charge in [-0.15, -0.1) is 0 Å². The summed E-state index contributed by atoms with van der Waals surface area (Å²) in [7, 11) is 1.85. The van der Waals surface area contributed by atoms with Crippen LogP contribution in [0.1, 0.15) is 50.8 Å². The maximum atomic E-state index is 12.4. The van der Waals surface area contributed by atoms with Gasteiger partial charge in [0, 0.05) is 13.0 Å². The van der Waals surface area contributed by atoms with E-state index >= 15 is 0 Å². The average Bonchev–Trinajstić information content (AvgIpc) is 2.80. The predicted octanol–water partition coefficient (Wildman–Crippen LogP) is 2.12. The van der Waals surface area contributed by atoms with Crippen molar-refractivity contribution in [1.82, 2.24) is 20.1 Å². The van der Waals surface area contributed by atoms with E-state index in [9.17, 15) is 4.79 Å². The summed E-state index contributed by atoms with van der Waals surface area (Å²) >= 11 is 0. The Morgan fingerprint density at radius 3 is 2.61 bits per heavy atom. The van der Waals surface area contributed by atoms with Gasteiger partial charge in [-0.05, 0) is 12.8 Å². The lowest BCUT2D eigenvalue weighted by molar-refractivity contribution is -0.135. The SMILES string of the molecule is CN(Cc1ncn[nH]1)C(=O)C1CCCCCCC1. The molecule has 1 aliphatic rings. The molecule has 1 aromatic heterocycles. The molecule has 0 bridgehead atoms. The Balaban J connectivity index is 1.87. The van der Waals surface area contributed by atoms with E-state index in [1.165, 1.54) is 38.4 Å². The van der Waals surface area contributed by atoms with E-state index in [-0.39, 0.29) is 11.8 Å². The fourth-order valence-corrected chi connectivity index (χ4v) is 2.62. The van der Waals surface area contributed by atoms with Crippen LogP contribution in [0.25, 0.3) is 0 Å². The highest BCUT2D eigenvalue weighted by molar-refractivity contribution is 5.78. The van der Waals surface area contributed by atoms with Crippen LogP contribution in [0.2, 0.25) is 0 Å². The van der Waals surface area contributed by atoms with E-state index in [4.69, 9.17) is 0 Å². The molecule has 0 radical (unpaired) electrons. The summed E-state index contributed by atoms with van der Waals surface area (Å²) in [4.78, 5) is 18.2. The molecule has 5 nitrogen and oxygen atoms in total. The molecule has 0 aliphatic heterocycles. The van der Waals surface area contributed by atoms with Crippen molar-refractivity contribution >= 4 is 5.91 Å². The van der Waals surface area contributed by atoms with Crippen LogP contribution in [-0.2, 0) is 11.3 Å². The van der Waals surface area contributed by atoms with Crippen molar-refractivity contribution in [1.29, 1.82) is 0 Å². The van der Waals surface area contributed by atoms with Crippen LogP contribution in [0.4, 0.5) is 0 Å². The first-order chi connectivity index (χ1) is 8.77. The normalized spacial score (nSPS) is 18.1. The van der Waals surface area contributed by atoms with Gasteiger partial charge in [-0.1, -0.05) is 32.1 Å². The first kappa shape index (κ1) is 13.1. The Kier molecular flexibility index (Phi) is 4.73. The van der Waals surface area contributed by atoms with Gasteiger partial charge in [-0.3, -0.25) is 9.89 Å². The molecule has 1 saturated carbocycles. The average molecular weight is 250 g/mol. The molecule has 1 N–H and O–H groups in total. The van der Waals surface area contributed by atoms with E-state index in [2.05, 4.69) is 15.2 Å². The van der Waals surface area contributed by atoms with Gasteiger partial charge in [0.25, 0.3) is 0 Å². The van der Waals surface area contributed by atoms with Gasteiger partial charge in [-0.2, -0.15) is 5.10 Å². The fourth-order valence-electron chi connectivity index (χ4n) is 2.62. The van der Waals surface area contributed by atoms with Crippen LogP contribution in [-0.4, -0.2) is 33.0 Å². The maximum Gasteiger partial charge on any atom is 0.225 e. The van der Waals surface area contributed by atoms with Gasteiger partial charge in [0.05, 0.1) is 6.54 Å². The summed E-state index contributed by atoms with van der Waals surface area (Å²) in [5.74, 6) is 1.21. The number of carbonyl (C=O) groups is 1. The van der Waals surface area contributed by atoms with Gasteiger partial charge in [0.15, 0.2) is 0 Å². The van der Waals surface area contributed by atoms with E-state index in [0.717, 1.165) is 18.7 Å². The third-order valence-electron chi connectivity index (χ3n) is 3.68. The van der Waals surface area contributed by atoms with Gasteiger partial charge >= 0.3 is 0 Å². The molecule has 1 fully saturated rings. The molecule has 100 valence electrons. The summed E-state index contributed by atoms with van der Waals surface area (Å²) in [6.45, 7) is 0.523. The number of hydrogen-bond donors (Lipinski definition) is 1. The van der Waals surface area contributed by atoms with Crippen molar-refractivity contribution in [3.63, 3.8) is 0 Å². The van der Waals surface area contributed by atoms with Crippen molar-refractivity contribution in [2.24, 2.45) is 5.92 Å². The molecule has 1 amide bonds. The minimum absolute atomic E-state index is 0.207. The highest BCUT2D eigenvalue weighted by Gasteiger charge is 2.22. The number of aromatic nitrogens is 3. The number of carbonyl (C=O) groups excluding carboxylic acids is 1. The van der Waals surface area contributed by atoms with Gasteiger partial charge in [0.1, 0.15) is 12.2 Å². The van der Waals surface area contributed by atoms with E-state index < -0.39 is 0 Å². The van der Waals surface area contributed by atoms with Crippen LogP contribution in [0.5, 0.6) is 0 Å². The Labute approximate surface area is 108 Å². The van der Waals surface area contributed by atoms with E-state index in [1.807, 2.05) is 7.05 Å². The second-order valence-corrected chi connectivity index (χ2v) is 5.17. The molecule has 1 aromatic rings. The zero-order valence-electron chi connectivity index (χ0n) is 11.1. The number of amides is 1. The summed E-state index contributed by atoms with van der Waals surface area (Å²) in [5.41, 5.74) is 0. The standard InChI is InChI=1S/C13H22N4O/c1-17(9-12-14-10-15-16-12)13(18)11-7-5-3-2-4-6-8-11/h10-11H,2-9H2,1H3,(H,14,15,16). The number of rotatable bonds is 3. The van der Waals surface area contributed by atoms with Crippen molar-refractivity contribution in [3.8, 4) is 0 Å². The van der Waals surface area contributed by atoms with Crippen molar-refractivity contribution in [2.75, 3.05) is 7.05 Å². The Morgan fingerprint density at radius 1 is 1.33 bits per heavy atom. The summed E-state index contributed by atoms with van der Waals surface area (Å²) < 4.78 is 0. The molecule has 0 aromatic carbocycles. The van der Waals surface area contributed by atoms with Crippen LogP contribution >= 0.6 is 0 Å². The molecule has 0 atom stereocenters. The highest BCUT2D eigenvalue weighted by Crippen LogP contribution is 2.23. The third-order valence-corrected chi connectivity index (χ3v) is 3.68. The summed E-state index contributed by atoms with van der Waals surface area (Å²) in [6.07, 6.45) is 9.81. The highest BCUT2D eigenvalue weighted by atomic mass is 16.2. The van der Waals surface area contributed by atoms with Crippen molar-refractivity contribution in [2.45, 2.75) is 51.5 Å². The minimum Gasteiger partial charge on any atom is -0.338 e. The molecule has 2 rings (SSSR count). The monoisotopic (exact) mass is 250 g/mol. The van der Waals surface area contributed by atoms with Crippen LogP contribution < -0.4 is 0 Å². The van der Waals surface area contributed by atoms with Gasteiger partial charge in [-0.25, -0.2) is 4.98 Å². The van der Waals surface area contributed by atoms with Crippen LogP contribution in [0.3, 0.4) is 0 Å². The molecule has 1 aliphatic carbocycles. The van der Waals surface area contributed by atoms with E-state index in [0.29, 0.717) is 6.54 Å². The third kappa shape index (κ3) is 3.55. The van der Waals surface area contributed by atoms with Crippen LogP contribution in [0, 0.1) is 5.92 Å². The fraction of sp³-hybridized carbons (Fsp3) is 0.769. The summed E-state index contributed by atoms with van der Waals surface area (Å²) in [6, 6.07) is 0. The molecule has 5 heteroatoms. The van der Waals surface area contributed by atoms with Gasteiger partial charge in [0.2, 0.25) is 5.91 Å². The lowest BCUT2D eigenvalue weighted by Gasteiger charge is -2.24. The molecule has 1 heterocycles. The number of H-pyrrole nitrogens is 1. The molecule has 0 saturated heterocycles. The van der Waals surface area contributed by atoms with Crippen molar-refractivity contribution in [3.05, 3.63) is 12.2 Å². The first-order valence-electron chi connectivity index (χ1n) is 6.86. The maximum absolute atomic E-state index is 12.4. The quantitative estimate of drug-likeness (QED) is 0.893. The molecule has 0 spiro atoms. The molecular weight excluding hydrogens is 228 g/mol. The first-order valence-corrected chi connectivity index (χ1v) is 6.86. The molecular formula is C13H22N4O. The number of aromatic amines is 1. The smallest absolute Gasteiger partial charge is 0.225 e. The van der Waals surface area contributed by atoms with E-state index in [1.54, 1.807) is 4.90 Å². The number of hydrogen-bond acceptors (Lipinski definition) is 3. The zero-order chi connectivity index (χ0) is 12.8. The van der Waals surface area contributed by atoms with Gasteiger partial charge < -0.3 is 4.90 Å². The number of nitrogens with one attached hydrogen (secondary N) is 1. The minimum atomic E-state index is 0.207. The number of nitrogens with zero attached hydrogens (tertiary/aromatic N) is 3. The van der Waals surface area contributed by atoms with Crippen LogP contribution in [0.15, 0.2) is 6.33 Å². The second kappa shape index (κ2) is 6.52. The topological polar surface area (TPSA) is 61.9 Å². The Hall–Kier alpha value is -1.39. The zero-order valence-corrected chi connectivity index (χ0v) is 11.1. The lowest BCUT2D eigenvalue weighted by atomic mass is 9.90. The molecule has 0 unspecified atom stereocenters. The Morgan fingerprint density at radius 2 is 2.00 bits per heavy atom. The van der Waals surface area contributed by atoms with Crippen molar-refractivity contribution < 1.29 is 4.79 Å².